The molecule has 5 heteroatoms. The second-order valence-electron chi connectivity index (χ2n) is 5.52. The highest BCUT2D eigenvalue weighted by Crippen LogP contribution is 2.31. The van der Waals surface area contributed by atoms with Crippen molar-refractivity contribution in [2.24, 2.45) is 11.7 Å². The van der Waals surface area contributed by atoms with E-state index in [2.05, 4.69) is 22.0 Å². The third-order valence-electron chi connectivity index (χ3n) is 4.04. The van der Waals surface area contributed by atoms with Crippen LogP contribution in [0.3, 0.4) is 0 Å². The fourth-order valence-corrected chi connectivity index (χ4v) is 2.45. The molecule has 1 saturated heterocycles. The summed E-state index contributed by atoms with van der Waals surface area (Å²) in [5.74, 6) is 0.773. The molecule has 2 aliphatic rings. The van der Waals surface area contributed by atoms with Crippen LogP contribution in [0, 0.1) is 5.92 Å². The van der Waals surface area contributed by atoms with Crippen LogP contribution in [0.2, 0.25) is 0 Å². The molecule has 1 aliphatic carbocycles. The lowest BCUT2D eigenvalue weighted by atomic mass is 10.2. The number of piperazine rings is 1. The van der Waals surface area contributed by atoms with Crippen molar-refractivity contribution in [1.82, 2.24) is 15.1 Å². The van der Waals surface area contributed by atoms with Crippen LogP contribution in [0.1, 0.15) is 19.8 Å². The minimum Gasteiger partial charge on any atom is -0.353 e. The summed E-state index contributed by atoms with van der Waals surface area (Å²) in [7, 11) is 0. The molecule has 2 fully saturated rings. The summed E-state index contributed by atoms with van der Waals surface area (Å²) < 4.78 is 0. The highest BCUT2D eigenvalue weighted by Gasteiger charge is 2.28. The molecular weight excluding hydrogens is 228 g/mol. The Hall–Kier alpha value is -0.650. The van der Waals surface area contributed by atoms with Gasteiger partial charge in [-0.25, -0.2) is 0 Å². The van der Waals surface area contributed by atoms with E-state index in [4.69, 9.17) is 5.73 Å². The molecule has 1 heterocycles. The molecule has 0 spiro atoms. The van der Waals surface area contributed by atoms with Gasteiger partial charge in [-0.1, -0.05) is 6.92 Å². The number of hydrogen-bond acceptors (Lipinski definition) is 4. The van der Waals surface area contributed by atoms with E-state index in [1.165, 1.54) is 12.8 Å². The number of likely N-dealkylation sites (N-methyl/N-ethyl adjacent to an activating group) is 1. The number of carbonyl (C=O) groups excluding carboxylic acids is 1. The normalized spacial score (nSPS) is 23.9. The molecule has 1 atom stereocenters. The zero-order valence-corrected chi connectivity index (χ0v) is 11.4. The lowest BCUT2D eigenvalue weighted by Gasteiger charge is -2.33. The maximum atomic E-state index is 11.8. The van der Waals surface area contributed by atoms with E-state index in [0.717, 1.165) is 32.7 Å². The van der Waals surface area contributed by atoms with Crippen molar-refractivity contribution in [2.75, 3.05) is 45.8 Å². The van der Waals surface area contributed by atoms with E-state index < -0.39 is 0 Å². The molecule has 5 nitrogen and oxygen atoms in total. The summed E-state index contributed by atoms with van der Waals surface area (Å²) in [6.45, 7) is 8.59. The van der Waals surface area contributed by atoms with Crippen LogP contribution in [0.4, 0.5) is 0 Å². The first kappa shape index (κ1) is 13.8. The Morgan fingerprint density at radius 1 is 1.28 bits per heavy atom. The van der Waals surface area contributed by atoms with E-state index >= 15 is 0 Å². The summed E-state index contributed by atoms with van der Waals surface area (Å²) in [4.78, 5) is 16.4. The molecule has 0 radical (unpaired) electrons. The maximum Gasteiger partial charge on any atom is 0.234 e. The van der Waals surface area contributed by atoms with Crippen LogP contribution >= 0.6 is 0 Å². The van der Waals surface area contributed by atoms with Gasteiger partial charge in [0.05, 0.1) is 6.54 Å². The summed E-state index contributed by atoms with van der Waals surface area (Å²) in [5.41, 5.74) is 5.96. The van der Waals surface area contributed by atoms with Crippen LogP contribution in [0.5, 0.6) is 0 Å². The Kier molecular flexibility index (Phi) is 4.97. The molecule has 18 heavy (non-hydrogen) atoms. The van der Waals surface area contributed by atoms with Crippen molar-refractivity contribution in [3.63, 3.8) is 0 Å². The molecule has 1 aliphatic heterocycles. The number of amides is 1. The van der Waals surface area contributed by atoms with Gasteiger partial charge in [-0.3, -0.25) is 9.69 Å². The van der Waals surface area contributed by atoms with Crippen molar-refractivity contribution in [1.29, 1.82) is 0 Å². The third kappa shape index (κ3) is 4.23. The first-order chi connectivity index (χ1) is 8.69. The largest absolute Gasteiger partial charge is 0.353 e. The molecule has 1 unspecified atom stereocenters. The topological polar surface area (TPSA) is 61.6 Å². The van der Waals surface area contributed by atoms with Crippen molar-refractivity contribution in [3.05, 3.63) is 0 Å². The average Bonchev–Trinajstić information content (AvgIpc) is 3.21. The monoisotopic (exact) mass is 254 g/mol. The highest BCUT2D eigenvalue weighted by molar-refractivity contribution is 5.78. The lowest BCUT2D eigenvalue weighted by molar-refractivity contribution is -0.122. The molecule has 1 saturated carbocycles. The van der Waals surface area contributed by atoms with Gasteiger partial charge in [-0.05, 0) is 25.3 Å². The molecule has 0 aromatic heterocycles. The van der Waals surface area contributed by atoms with E-state index in [1.807, 2.05) is 0 Å². The van der Waals surface area contributed by atoms with Gasteiger partial charge < -0.3 is 16.0 Å². The maximum absolute atomic E-state index is 11.8. The average molecular weight is 254 g/mol. The van der Waals surface area contributed by atoms with Crippen molar-refractivity contribution >= 4 is 5.91 Å². The molecule has 0 bridgehead atoms. The first-order valence-corrected chi connectivity index (χ1v) is 7.16. The molecule has 0 aromatic carbocycles. The number of carbonyl (C=O) groups is 1. The minimum atomic E-state index is 0.121. The van der Waals surface area contributed by atoms with E-state index in [-0.39, 0.29) is 11.9 Å². The van der Waals surface area contributed by atoms with E-state index in [1.54, 1.807) is 0 Å². The van der Waals surface area contributed by atoms with Crippen molar-refractivity contribution < 1.29 is 4.79 Å². The Labute approximate surface area is 110 Å². The van der Waals surface area contributed by atoms with Crippen LogP contribution in [0.15, 0.2) is 0 Å². The fourth-order valence-electron chi connectivity index (χ4n) is 2.45. The van der Waals surface area contributed by atoms with E-state index in [9.17, 15) is 4.79 Å². The van der Waals surface area contributed by atoms with Gasteiger partial charge in [0.15, 0.2) is 0 Å². The van der Waals surface area contributed by atoms with Crippen molar-refractivity contribution in [2.45, 2.75) is 25.8 Å². The molecule has 104 valence electrons. The quantitative estimate of drug-likeness (QED) is 0.669. The summed E-state index contributed by atoms with van der Waals surface area (Å²) in [6.07, 6.45) is 2.46. The van der Waals surface area contributed by atoms with Gasteiger partial charge in [0.25, 0.3) is 0 Å². The molecule has 3 N–H and O–H groups in total. The predicted octanol–water partition coefficient (Wildman–Crippen LogP) is -0.523. The lowest BCUT2D eigenvalue weighted by Crippen LogP contribution is -2.50. The summed E-state index contributed by atoms with van der Waals surface area (Å²) >= 11 is 0. The molecule has 1 amide bonds. The zero-order valence-electron chi connectivity index (χ0n) is 11.4. The summed E-state index contributed by atoms with van der Waals surface area (Å²) in [5, 5.41) is 2.96. The van der Waals surface area contributed by atoms with Crippen LogP contribution in [-0.2, 0) is 4.79 Å². The standard InChI is InChI=1S/C13H26N4O/c1-2-16-5-7-17(8-6-16)10-13(18)15-9-12(14)11-3-4-11/h11-12H,2-10,14H2,1H3,(H,15,18). The van der Waals surface area contributed by atoms with Crippen LogP contribution < -0.4 is 11.1 Å². The van der Waals surface area contributed by atoms with Crippen LogP contribution in [-0.4, -0.2) is 67.6 Å². The Morgan fingerprint density at radius 3 is 2.44 bits per heavy atom. The smallest absolute Gasteiger partial charge is 0.234 e. The van der Waals surface area contributed by atoms with E-state index in [0.29, 0.717) is 19.0 Å². The highest BCUT2D eigenvalue weighted by atomic mass is 16.2. The van der Waals surface area contributed by atoms with Gasteiger partial charge in [0, 0.05) is 38.8 Å². The SMILES string of the molecule is CCN1CCN(CC(=O)NCC(N)C2CC2)CC1. The zero-order chi connectivity index (χ0) is 13.0. The summed E-state index contributed by atoms with van der Waals surface area (Å²) in [6, 6.07) is 0.158. The predicted molar refractivity (Wildman–Crippen MR) is 72.3 cm³/mol. The van der Waals surface area contributed by atoms with Gasteiger partial charge >= 0.3 is 0 Å². The minimum absolute atomic E-state index is 0.121. The van der Waals surface area contributed by atoms with Gasteiger partial charge in [0.1, 0.15) is 0 Å². The number of hydrogen-bond donors (Lipinski definition) is 2. The number of nitrogens with zero attached hydrogens (tertiary/aromatic N) is 2. The number of nitrogens with one attached hydrogen (secondary N) is 1. The Morgan fingerprint density at radius 2 is 1.89 bits per heavy atom. The van der Waals surface area contributed by atoms with Gasteiger partial charge in [-0.2, -0.15) is 0 Å². The molecular formula is C13H26N4O. The second-order valence-corrected chi connectivity index (χ2v) is 5.52. The second kappa shape index (κ2) is 6.50. The first-order valence-electron chi connectivity index (χ1n) is 7.16. The molecule has 0 aromatic rings. The van der Waals surface area contributed by atoms with Gasteiger partial charge in [-0.15, -0.1) is 0 Å². The van der Waals surface area contributed by atoms with Crippen LogP contribution in [0.25, 0.3) is 0 Å². The Bertz CT molecular complexity index is 272. The number of rotatable bonds is 6. The third-order valence-corrected chi connectivity index (χ3v) is 4.04. The van der Waals surface area contributed by atoms with Crippen molar-refractivity contribution in [3.8, 4) is 0 Å². The molecule has 2 rings (SSSR count). The van der Waals surface area contributed by atoms with Gasteiger partial charge in [0.2, 0.25) is 5.91 Å². The Balaban J connectivity index is 1.59. The number of nitrogens with two attached hydrogens (primary N) is 1. The fraction of sp³-hybridized carbons (Fsp3) is 0.923.